The molecule has 0 fully saturated rings. The lowest BCUT2D eigenvalue weighted by molar-refractivity contribution is 0.352. The van der Waals surface area contributed by atoms with Gasteiger partial charge in [-0.3, -0.25) is 0 Å². The molecule has 0 N–H and O–H groups in total. The Labute approximate surface area is 117 Å². The van der Waals surface area contributed by atoms with E-state index in [1.54, 1.807) is 6.07 Å². The van der Waals surface area contributed by atoms with Gasteiger partial charge in [0.1, 0.15) is 5.82 Å². The second kappa shape index (κ2) is 6.88. The fourth-order valence-corrected chi connectivity index (χ4v) is 2.11. The van der Waals surface area contributed by atoms with Crippen LogP contribution in [0.5, 0.6) is 0 Å². The Balaban J connectivity index is 2.49. The highest BCUT2D eigenvalue weighted by atomic mass is 19.1. The van der Waals surface area contributed by atoms with E-state index in [4.69, 9.17) is 0 Å². The summed E-state index contributed by atoms with van der Waals surface area (Å²) >= 11 is 0. The number of allylic oxidation sites excluding steroid dienone is 1. The van der Waals surface area contributed by atoms with Crippen LogP contribution in [0.3, 0.4) is 0 Å². The molecule has 0 amide bonds. The van der Waals surface area contributed by atoms with Gasteiger partial charge in [0.25, 0.3) is 0 Å². The molecule has 19 heavy (non-hydrogen) atoms. The van der Waals surface area contributed by atoms with Crippen molar-refractivity contribution in [1.29, 1.82) is 0 Å². The Morgan fingerprint density at radius 2 is 1.95 bits per heavy atom. The quantitative estimate of drug-likeness (QED) is 0.610. The maximum Gasteiger partial charge on any atom is 0.123 e. The lowest BCUT2D eigenvalue weighted by Crippen LogP contribution is -2.05. The van der Waals surface area contributed by atoms with Gasteiger partial charge in [-0.1, -0.05) is 52.3 Å². The topological polar surface area (TPSA) is 0 Å². The molecule has 106 valence electrons. The summed E-state index contributed by atoms with van der Waals surface area (Å²) in [5.74, 6) is 0.385. The van der Waals surface area contributed by atoms with Crippen LogP contribution in [0.4, 0.5) is 4.39 Å². The minimum absolute atomic E-state index is 0.161. The molecule has 0 aliphatic rings. The smallest absolute Gasteiger partial charge is 0.123 e. The van der Waals surface area contributed by atoms with Gasteiger partial charge in [-0.2, -0.15) is 0 Å². The Morgan fingerprint density at radius 3 is 2.58 bits per heavy atom. The highest BCUT2D eigenvalue weighted by Gasteiger charge is 2.10. The van der Waals surface area contributed by atoms with Gasteiger partial charge in [-0.05, 0) is 54.4 Å². The Bertz CT molecular complexity index is 424. The van der Waals surface area contributed by atoms with Crippen molar-refractivity contribution in [2.75, 3.05) is 0 Å². The first-order valence-corrected chi connectivity index (χ1v) is 7.22. The van der Waals surface area contributed by atoms with Crippen molar-refractivity contribution in [2.45, 2.75) is 53.9 Å². The number of benzene rings is 1. The molecule has 1 aromatic carbocycles. The molecule has 1 aromatic rings. The average molecular weight is 262 g/mol. The van der Waals surface area contributed by atoms with Crippen LogP contribution < -0.4 is 0 Å². The molecule has 0 aliphatic heterocycles. The van der Waals surface area contributed by atoms with Crippen molar-refractivity contribution in [2.24, 2.45) is 11.3 Å². The van der Waals surface area contributed by atoms with Crippen molar-refractivity contribution < 1.29 is 4.39 Å². The molecule has 0 saturated heterocycles. The summed E-state index contributed by atoms with van der Waals surface area (Å²) in [4.78, 5) is 0. The zero-order chi connectivity index (χ0) is 14.5. The number of aryl methyl sites for hydroxylation is 1. The van der Waals surface area contributed by atoms with Crippen LogP contribution in [0.25, 0.3) is 6.08 Å². The fourth-order valence-electron chi connectivity index (χ4n) is 2.11. The lowest BCUT2D eigenvalue weighted by atomic mass is 9.88. The molecular formula is C18H27F. The van der Waals surface area contributed by atoms with Crippen LogP contribution >= 0.6 is 0 Å². The van der Waals surface area contributed by atoms with Gasteiger partial charge in [0.15, 0.2) is 0 Å². The maximum atomic E-state index is 13.2. The monoisotopic (exact) mass is 262 g/mol. The molecule has 0 unspecified atom stereocenters. The lowest BCUT2D eigenvalue weighted by Gasteiger charge is -2.18. The molecule has 0 bridgehead atoms. The van der Waals surface area contributed by atoms with Crippen LogP contribution in [-0.2, 0) is 0 Å². The minimum atomic E-state index is -0.161. The van der Waals surface area contributed by atoms with Crippen LogP contribution in [0.1, 0.15) is 58.1 Å². The largest absolute Gasteiger partial charge is 0.207 e. The van der Waals surface area contributed by atoms with Crippen LogP contribution in [0, 0.1) is 24.1 Å². The predicted molar refractivity (Wildman–Crippen MR) is 82.6 cm³/mol. The van der Waals surface area contributed by atoms with Gasteiger partial charge < -0.3 is 0 Å². The summed E-state index contributed by atoms with van der Waals surface area (Å²) in [7, 11) is 0. The van der Waals surface area contributed by atoms with Gasteiger partial charge >= 0.3 is 0 Å². The molecule has 0 aromatic heterocycles. The third-order valence-electron chi connectivity index (χ3n) is 3.43. The molecule has 1 heteroatoms. The second-order valence-electron chi connectivity index (χ2n) is 6.79. The zero-order valence-electron chi connectivity index (χ0n) is 13.0. The normalized spacial score (nSPS) is 14.0. The van der Waals surface area contributed by atoms with Crippen molar-refractivity contribution >= 4 is 6.08 Å². The molecular weight excluding hydrogens is 235 g/mol. The summed E-state index contributed by atoms with van der Waals surface area (Å²) in [6, 6.07) is 4.95. The highest BCUT2D eigenvalue weighted by Crippen LogP contribution is 2.24. The maximum absolute atomic E-state index is 13.2. The molecule has 0 heterocycles. The van der Waals surface area contributed by atoms with E-state index in [1.165, 1.54) is 25.3 Å². The first kappa shape index (κ1) is 15.9. The second-order valence-corrected chi connectivity index (χ2v) is 6.79. The van der Waals surface area contributed by atoms with E-state index in [0.717, 1.165) is 11.1 Å². The van der Waals surface area contributed by atoms with Crippen molar-refractivity contribution in [3.8, 4) is 0 Å². The van der Waals surface area contributed by atoms with E-state index in [2.05, 4.69) is 39.8 Å². The van der Waals surface area contributed by atoms with Crippen molar-refractivity contribution in [3.63, 3.8) is 0 Å². The van der Waals surface area contributed by atoms with Crippen molar-refractivity contribution in [3.05, 3.63) is 41.2 Å². The van der Waals surface area contributed by atoms with E-state index in [-0.39, 0.29) is 5.82 Å². The summed E-state index contributed by atoms with van der Waals surface area (Å²) in [6.07, 6.45) is 7.95. The van der Waals surface area contributed by atoms with Gasteiger partial charge in [0, 0.05) is 0 Å². The Morgan fingerprint density at radius 1 is 1.26 bits per heavy atom. The Hall–Kier alpha value is -1.11. The predicted octanol–water partition coefficient (Wildman–Crippen LogP) is 6.00. The SMILES string of the molecule is Cc1ccc(F)cc1/C=C/[C@@H](C)CCCC(C)(C)C. The number of hydrogen-bond donors (Lipinski definition) is 0. The molecule has 0 saturated carbocycles. The average Bonchev–Trinajstić information content (AvgIpc) is 2.28. The van der Waals surface area contributed by atoms with E-state index in [1.807, 2.05) is 13.0 Å². The first-order valence-electron chi connectivity index (χ1n) is 7.22. The number of halogens is 1. The van der Waals surface area contributed by atoms with Crippen molar-refractivity contribution in [1.82, 2.24) is 0 Å². The summed E-state index contributed by atoms with van der Waals surface area (Å²) in [5, 5.41) is 0. The molecule has 0 aliphatic carbocycles. The molecule has 0 spiro atoms. The molecule has 0 nitrogen and oxygen atoms in total. The number of rotatable bonds is 5. The molecule has 1 atom stereocenters. The van der Waals surface area contributed by atoms with Gasteiger partial charge in [-0.15, -0.1) is 0 Å². The standard InChI is InChI=1S/C18H27F/c1-14(7-6-12-18(3,4)5)8-10-16-13-17(19)11-9-15(16)2/h8-11,13-14H,6-7,12H2,1-5H3/b10-8+/t14-/m0/s1. The summed E-state index contributed by atoms with van der Waals surface area (Å²) < 4.78 is 13.2. The minimum Gasteiger partial charge on any atom is -0.207 e. The van der Waals surface area contributed by atoms with E-state index >= 15 is 0 Å². The summed E-state index contributed by atoms with van der Waals surface area (Å²) in [5.41, 5.74) is 2.53. The van der Waals surface area contributed by atoms with E-state index in [0.29, 0.717) is 11.3 Å². The fraction of sp³-hybridized carbons (Fsp3) is 0.556. The Kier molecular flexibility index (Phi) is 5.78. The third kappa shape index (κ3) is 6.56. The molecule has 1 rings (SSSR count). The van der Waals surface area contributed by atoms with Gasteiger partial charge in [0.2, 0.25) is 0 Å². The number of hydrogen-bond acceptors (Lipinski definition) is 0. The molecule has 0 radical (unpaired) electrons. The van der Waals surface area contributed by atoms with E-state index in [9.17, 15) is 4.39 Å². The highest BCUT2D eigenvalue weighted by molar-refractivity contribution is 5.53. The summed E-state index contributed by atoms with van der Waals surface area (Å²) in [6.45, 7) is 11.1. The van der Waals surface area contributed by atoms with Crippen LogP contribution in [0.15, 0.2) is 24.3 Å². The van der Waals surface area contributed by atoms with Gasteiger partial charge in [-0.25, -0.2) is 4.39 Å². The third-order valence-corrected chi connectivity index (χ3v) is 3.43. The van der Waals surface area contributed by atoms with Crippen LogP contribution in [0.2, 0.25) is 0 Å². The van der Waals surface area contributed by atoms with E-state index < -0.39 is 0 Å². The zero-order valence-corrected chi connectivity index (χ0v) is 13.0. The van der Waals surface area contributed by atoms with Gasteiger partial charge in [0.05, 0.1) is 0 Å². The van der Waals surface area contributed by atoms with Crippen LogP contribution in [-0.4, -0.2) is 0 Å². The first-order chi connectivity index (χ1) is 8.78.